The molecule has 0 aliphatic rings. The van der Waals surface area contributed by atoms with Crippen molar-refractivity contribution in [1.82, 2.24) is 14.8 Å². The normalized spacial score (nSPS) is 10.7. The van der Waals surface area contributed by atoms with Gasteiger partial charge in [-0.05, 0) is 29.8 Å². The lowest BCUT2D eigenvalue weighted by Gasteiger charge is -2.04. The van der Waals surface area contributed by atoms with Crippen molar-refractivity contribution in [2.24, 2.45) is 0 Å². The lowest BCUT2D eigenvalue weighted by Crippen LogP contribution is -2.02. The van der Waals surface area contributed by atoms with Gasteiger partial charge in [-0.3, -0.25) is 9.67 Å². The van der Waals surface area contributed by atoms with Gasteiger partial charge in [-0.2, -0.15) is 5.10 Å². The first-order valence-electron chi connectivity index (χ1n) is 6.66. The fourth-order valence-corrected chi connectivity index (χ4v) is 2.25. The Morgan fingerprint density at radius 2 is 1.76 bits per heavy atom. The summed E-state index contributed by atoms with van der Waals surface area (Å²) in [6.45, 7) is 0.420. The number of rotatable bonds is 4. The van der Waals surface area contributed by atoms with E-state index in [1.807, 2.05) is 30.5 Å². The Balaban J connectivity index is 2.17. The predicted molar refractivity (Wildman–Crippen MR) is 79.6 cm³/mol. The average molecular weight is 281 g/mol. The second kappa shape index (κ2) is 5.76. The molecule has 0 amide bonds. The van der Waals surface area contributed by atoms with E-state index in [1.54, 1.807) is 29.2 Å². The highest BCUT2D eigenvalue weighted by molar-refractivity contribution is 5.82. The van der Waals surface area contributed by atoms with Gasteiger partial charge in [-0.25, -0.2) is 0 Å². The number of pyridine rings is 1. The van der Waals surface area contributed by atoms with Gasteiger partial charge in [0.05, 0.1) is 13.2 Å². The van der Waals surface area contributed by atoms with Crippen LogP contribution in [-0.4, -0.2) is 31.6 Å². The van der Waals surface area contributed by atoms with Gasteiger partial charge < -0.3 is 10.2 Å². The molecule has 5 heteroatoms. The van der Waals surface area contributed by atoms with Crippen LogP contribution < -0.4 is 0 Å². The summed E-state index contributed by atoms with van der Waals surface area (Å²) < 4.78 is 1.68. The molecule has 0 aliphatic heterocycles. The van der Waals surface area contributed by atoms with E-state index < -0.39 is 0 Å². The van der Waals surface area contributed by atoms with Crippen LogP contribution >= 0.6 is 0 Å². The molecule has 0 saturated heterocycles. The zero-order valence-electron chi connectivity index (χ0n) is 11.3. The molecule has 0 atom stereocenters. The van der Waals surface area contributed by atoms with E-state index in [0.29, 0.717) is 17.8 Å². The smallest absolute Gasteiger partial charge is 0.125 e. The standard InChI is InChI=1S/C16H15N3O2/c20-10-9-19-11-14(12-5-7-17-8-6-12)16(18-19)13-3-1-2-4-15(13)21/h1-8,11,20-21H,9-10H2. The molecule has 5 nitrogen and oxygen atoms in total. The van der Waals surface area contributed by atoms with E-state index in [1.165, 1.54) is 0 Å². The summed E-state index contributed by atoms with van der Waals surface area (Å²) in [7, 11) is 0. The Labute approximate surface area is 122 Å². The summed E-state index contributed by atoms with van der Waals surface area (Å²) in [4.78, 5) is 4.02. The largest absolute Gasteiger partial charge is 0.507 e. The van der Waals surface area contributed by atoms with E-state index in [2.05, 4.69) is 10.1 Å². The number of phenolic OH excluding ortho intramolecular Hbond substituents is 1. The second-order valence-corrected chi connectivity index (χ2v) is 4.63. The van der Waals surface area contributed by atoms with Crippen LogP contribution in [0.4, 0.5) is 0 Å². The van der Waals surface area contributed by atoms with Crippen LogP contribution in [0.3, 0.4) is 0 Å². The maximum atomic E-state index is 10.1. The van der Waals surface area contributed by atoms with Crippen molar-refractivity contribution in [3.05, 3.63) is 55.0 Å². The summed E-state index contributed by atoms with van der Waals surface area (Å²) >= 11 is 0. The number of para-hydroxylation sites is 1. The Kier molecular flexibility index (Phi) is 3.66. The number of aromatic hydroxyl groups is 1. The molecule has 3 aromatic rings. The lowest BCUT2D eigenvalue weighted by atomic mass is 10.0. The van der Waals surface area contributed by atoms with E-state index in [9.17, 15) is 5.11 Å². The molecule has 0 fully saturated rings. The number of aliphatic hydroxyl groups is 1. The molecule has 3 rings (SSSR count). The van der Waals surface area contributed by atoms with Gasteiger partial charge in [0.15, 0.2) is 0 Å². The lowest BCUT2D eigenvalue weighted by molar-refractivity contribution is 0.269. The molecule has 0 saturated carbocycles. The van der Waals surface area contributed by atoms with Gasteiger partial charge >= 0.3 is 0 Å². The third-order valence-electron chi connectivity index (χ3n) is 3.24. The number of aromatic nitrogens is 3. The minimum Gasteiger partial charge on any atom is -0.507 e. The molecule has 2 heterocycles. The molecule has 2 aromatic heterocycles. The van der Waals surface area contributed by atoms with Crippen LogP contribution in [0.1, 0.15) is 0 Å². The molecule has 0 bridgehead atoms. The predicted octanol–water partition coefficient (Wildman–Crippen LogP) is 2.31. The zero-order valence-corrected chi connectivity index (χ0v) is 11.3. The molecule has 2 N–H and O–H groups in total. The van der Waals surface area contributed by atoms with Crippen molar-refractivity contribution in [2.45, 2.75) is 6.54 Å². The number of nitrogens with zero attached hydrogens (tertiary/aromatic N) is 3. The van der Waals surface area contributed by atoms with Crippen molar-refractivity contribution >= 4 is 0 Å². The quantitative estimate of drug-likeness (QED) is 0.770. The van der Waals surface area contributed by atoms with Crippen LogP contribution in [0, 0.1) is 0 Å². The minimum atomic E-state index is 0.0116. The molecule has 0 spiro atoms. The molecule has 1 aromatic carbocycles. The van der Waals surface area contributed by atoms with Crippen molar-refractivity contribution in [1.29, 1.82) is 0 Å². The van der Waals surface area contributed by atoms with E-state index in [-0.39, 0.29) is 12.4 Å². The van der Waals surface area contributed by atoms with E-state index in [4.69, 9.17) is 5.11 Å². The third kappa shape index (κ3) is 2.64. The van der Waals surface area contributed by atoms with Crippen molar-refractivity contribution in [3.8, 4) is 28.1 Å². The second-order valence-electron chi connectivity index (χ2n) is 4.63. The fourth-order valence-electron chi connectivity index (χ4n) is 2.25. The number of benzene rings is 1. The molecular weight excluding hydrogens is 266 g/mol. The molecule has 21 heavy (non-hydrogen) atoms. The Bertz CT molecular complexity index is 738. The van der Waals surface area contributed by atoms with E-state index in [0.717, 1.165) is 11.1 Å². The molecule has 0 unspecified atom stereocenters. The van der Waals surface area contributed by atoms with Gasteiger partial charge in [0.1, 0.15) is 11.4 Å². The summed E-state index contributed by atoms with van der Waals surface area (Å²) in [5.41, 5.74) is 3.22. The summed E-state index contributed by atoms with van der Waals surface area (Å²) in [6, 6.07) is 10.9. The maximum absolute atomic E-state index is 10.1. The molecule has 0 radical (unpaired) electrons. The number of hydrogen-bond donors (Lipinski definition) is 2. The van der Waals surface area contributed by atoms with E-state index >= 15 is 0 Å². The number of phenols is 1. The van der Waals surface area contributed by atoms with Gasteiger partial charge in [-0.15, -0.1) is 0 Å². The average Bonchev–Trinajstić information content (AvgIpc) is 2.93. The number of aliphatic hydroxyl groups excluding tert-OH is 1. The van der Waals surface area contributed by atoms with Gasteiger partial charge in [0.2, 0.25) is 0 Å². The number of hydrogen-bond acceptors (Lipinski definition) is 4. The first kappa shape index (κ1) is 13.3. The van der Waals surface area contributed by atoms with Crippen molar-refractivity contribution < 1.29 is 10.2 Å². The zero-order chi connectivity index (χ0) is 14.7. The van der Waals surface area contributed by atoms with Crippen LogP contribution in [-0.2, 0) is 6.54 Å². The highest BCUT2D eigenvalue weighted by Gasteiger charge is 2.15. The topological polar surface area (TPSA) is 71.2 Å². The highest BCUT2D eigenvalue weighted by Crippen LogP contribution is 2.35. The third-order valence-corrected chi connectivity index (χ3v) is 3.24. The first-order chi connectivity index (χ1) is 10.3. The first-order valence-corrected chi connectivity index (χ1v) is 6.66. The Morgan fingerprint density at radius 1 is 1.00 bits per heavy atom. The van der Waals surface area contributed by atoms with Gasteiger partial charge in [-0.1, -0.05) is 12.1 Å². The van der Waals surface area contributed by atoms with Crippen LogP contribution in [0.5, 0.6) is 5.75 Å². The molecular formula is C16H15N3O2. The van der Waals surface area contributed by atoms with Gasteiger partial charge in [0, 0.05) is 29.7 Å². The SMILES string of the molecule is OCCn1cc(-c2ccncc2)c(-c2ccccc2O)n1. The van der Waals surface area contributed by atoms with Crippen LogP contribution in [0.2, 0.25) is 0 Å². The summed E-state index contributed by atoms with van der Waals surface area (Å²) in [5, 5.41) is 23.6. The molecule has 0 aliphatic carbocycles. The monoisotopic (exact) mass is 281 g/mol. The van der Waals surface area contributed by atoms with Crippen molar-refractivity contribution in [2.75, 3.05) is 6.61 Å². The minimum absolute atomic E-state index is 0.0116. The Morgan fingerprint density at radius 3 is 2.48 bits per heavy atom. The summed E-state index contributed by atoms with van der Waals surface area (Å²) in [5.74, 6) is 0.182. The Hall–Kier alpha value is -2.66. The highest BCUT2D eigenvalue weighted by atomic mass is 16.3. The van der Waals surface area contributed by atoms with Crippen LogP contribution in [0.15, 0.2) is 55.0 Å². The maximum Gasteiger partial charge on any atom is 0.125 e. The fraction of sp³-hybridized carbons (Fsp3) is 0.125. The van der Waals surface area contributed by atoms with Gasteiger partial charge in [0.25, 0.3) is 0 Å². The summed E-state index contributed by atoms with van der Waals surface area (Å²) in [6.07, 6.45) is 5.30. The van der Waals surface area contributed by atoms with Crippen molar-refractivity contribution in [3.63, 3.8) is 0 Å². The molecule has 106 valence electrons. The van der Waals surface area contributed by atoms with Crippen LogP contribution in [0.25, 0.3) is 22.4 Å².